The first-order chi connectivity index (χ1) is 14.4. The number of benzene rings is 2. The number of aliphatic hydroxyl groups excluding tert-OH is 1. The lowest BCUT2D eigenvalue weighted by Crippen LogP contribution is -2.21. The van der Waals surface area contributed by atoms with Crippen molar-refractivity contribution in [3.8, 4) is 10.4 Å². The minimum atomic E-state index is 0.201. The Balaban J connectivity index is 1.58. The molecule has 0 saturated heterocycles. The summed E-state index contributed by atoms with van der Waals surface area (Å²) < 4.78 is 0. The number of nitrogens with one attached hydrogen (secondary N) is 1. The number of aryl methyl sites for hydroxylation is 1. The lowest BCUT2D eigenvalue weighted by atomic mass is 9.75. The molecule has 0 atom stereocenters. The first kappa shape index (κ1) is 20.9. The molecule has 156 valence electrons. The minimum Gasteiger partial charge on any atom is -0.508 e. The third kappa shape index (κ3) is 4.53. The third-order valence-electron chi connectivity index (χ3n) is 6.07. The molecule has 0 saturated carbocycles. The Labute approximate surface area is 184 Å². The van der Waals surface area contributed by atoms with E-state index in [1.54, 1.807) is 0 Å². The lowest BCUT2D eigenvalue weighted by Gasteiger charge is -2.30. The Morgan fingerprint density at radius 2 is 1.83 bits per heavy atom. The van der Waals surface area contributed by atoms with Gasteiger partial charge in [0.15, 0.2) is 0 Å². The smallest absolute Gasteiger partial charge is 0.117 e. The van der Waals surface area contributed by atoms with Crippen molar-refractivity contribution in [1.29, 1.82) is 0 Å². The zero-order valence-corrected chi connectivity index (χ0v) is 18.8. The summed E-state index contributed by atoms with van der Waals surface area (Å²) in [5.74, 6) is 0.201. The van der Waals surface area contributed by atoms with Crippen molar-refractivity contribution in [2.75, 3.05) is 6.54 Å². The average molecular weight is 418 g/mol. The maximum atomic E-state index is 10.5. The molecule has 1 aliphatic rings. The summed E-state index contributed by atoms with van der Waals surface area (Å²) in [4.78, 5) is 2.59. The van der Waals surface area contributed by atoms with Crippen LogP contribution in [0.3, 0.4) is 0 Å². The van der Waals surface area contributed by atoms with Crippen LogP contribution in [0.25, 0.3) is 16.2 Å². The summed E-state index contributed by atoms with van der Waals surface area (Å²) in [7, 11) is 0. The molecule has 3 aromatic rings. The van der Waals surface area contributed by atoms with Gasteiger partial charge in [0.25, 0.3) is 0 Å². The Morgan fingerprint density at radius 1 is 1.10 bits per heavy atom. The summed E-state index contributed by atoms with van der Waals surface area (Å²) in [6, 6.07) is 19.2. The molecule has 2 N–H and O–H groups in total. The quantitative estimate of drug-likeness (QED) is 0.328. The molecule has 1 aromatic heterocycles. The highest BCUT2D eigenvalue weighted by molar-refractivity contribution is 7.16. The van der Waals surface area contributed by atoms with Gasteiger partial charge in [0.05, 0.1) is 0 Å². The van der Waals surface area contributed by atoms with Crippen LogP contribution in [-0.4, -0.2) is 11.7 Å². The molecule has 3 heteroatoms. The summed E-state index contributed by atoms with van der Waals surface area (Å²) in [5, 5.41) is 14.1. The van der Waals surface area contributed by atoms with Gasteiger partial charge in [0, 0.05) is 21.9 Å². The van der Waals surface area contributed by atoms with Crippen LogP contribution >= 0.6 is 11.3 Å². The van der Waals surface area contributed by atoms with Crippen LogP contribution in [0.5, 0.6) is 0 Å². The van der Waals surface area contributed by atoms with Crippen molar-refractivity contribution in [1.82, 2.24) is 5.32 Å². The standard InChI is InChI=1S/C27H31NOS/c1-19(29)25-23-17-27(2,3)15-13-24(23)30-26(25)22-12-8-7-11-21(22)18-28-16-14-20-9-5-4-6-10-20/h4-12,28-29H,1,13-18H2,2-3H3. The number of thiophene rings is 1. The zero-order chi connectivity index (χ0) is 21.1. The normalized spacial score (nSPS) is 15.0. The average Bonchev–Trinajstić information content (AvgIpc) is 3.10. The van der Waals surface area contributed by atoms with Gasteiger partial charge in [-0.15, -0.1) is 11.3 Å². The van der Waals surface area contributed by atoms with Crippen molar-refractivity contribution in [3.63, 3.8) is 0 Å². The van der Waals surface area contributed by atoms with E-state index in [4.69, 9.17) is 0 Å². The Kier molecular flexibility index (Phi) is 6.12. The van der Waals surface area contributed by atoms with E-state index in [1.165, 1.54) is 38.4 Å². The van der Waals surface area contributed by atoms with Crippen LogP contribution in [0.2, 0.25) is 0 Å². The van der Waals surface area contributed by atoms with Crippen LogP contribution in [0.1, 0.15) is 47.4 Å². The molecule has 0 fully saturated rings. The molecule has 0 radical (unpaired) electrons. The summed E-state index contributed by atoms with van der Waals surface area (Å²) in [6.45, 7) is 10.3. The highest BCUT2D eigenvalue weighted by atomic mass is 32.1. The molecule has 0 spiro atoms. The summed E-state index contributed by atoms with van der Waals surface area (Å²) in [6.07, 6.45) is 4.31. The van der Waals surface area contributed by atoms with Crippen molar-refractivity contribution >= 4 is 17.1 Å². The van der Waals surface area contributed by atoms with Crippen molar-refractivity contribution in [2.24, 2.45) is 5.41 Å². The molecule has 1 heterocycles. The predicted molar refractivity (Wildman–Crippen MR) is 129 cm³/mol. The Hall–Kier alpha value is -2.36. The number of hydrogen-bond donors (Lipinski definition) is 2. The highest BCUT2D eigenvalue weighted by Gasteiger charge is 2.31. The Bertz CT molecular complexity index is 1030. The number of hydrogen-bond acceptors (Lipinski definition) is 3. The molecule has 0 amide bonds. The second kappa shape index (κ2) is 8.79. The van der Waals surface area contributed by atoms with Crippen LogP contribution in [0.15, 0.2) is 61.2 Å². The molecule has 2 nitrogen and oxygen atoms in total. The fourth-order valence-corrected chi connectivity index (χ4v) is 5.81. The molecule has 0 bridgehead atoms. The van der Waals surface area contributed by atoms with E-state index in [2.05, 4.69) is 80.3 Å². The minimum absolute atomic E-state index is 0.201. The van der Waals surface area contributed by atoms with Crippen molar-refractivity contribution in [2.45, 2.75) is 46.1 Å². The Morgan fingerprint density at radius 3 is 2.60 bits per heavy atom. The maximum absolute atomic E-state index is 10.5. The van der Waals surface area contributed by atoms with E-state index in [9.17, 15) is 5.11 Å². The molecule has 30 heavy (non-hydrogen) atoms. The first-order valence-corrected chi connectivity index (χ1v) is 11.6. The zero-order valence-electron chi connectivity index (χ0n) is 18.0. The van der Waals surface area contributed by atoms with Gasteiger partial charge in [-0.25, -0.2) is 0 Å². The van der Waals surface area contributed by atoms with Gasteiger partial charge in [-0.1, -0.05) is 75.0 Å². The summed E-state index contributed by atoms with van der Waals surface area (Å²) >= 11 is 1.85. The number of fused-ring (bicyclic) bond motifs is 1. The third-order valence-corrected chi connectivity index (χ3v) is 7.40. The van der Waals surface area contributed by atoms with Gasteiger partial charge in [-0.3, -0.25) is 0 Å². The van der Waals surface area contributed by atoms with E-state index in [1.807, 2.05) is 11.3 Å². The van der Waals surface area contributed by atoms with Gasteiger partial charge in [-0.2, -0.15) is 0 Å². The second-order valence-electron chi connectivity index (χ2n) is 9.07. The maximum Gasteiger partial charge on any atom is 0.117 e. The van der Waals surface area contributed by atoms with Crippen LogP contribution < -0.4 is 5.32 Å². The summed E-state index contributed by atoms with van der Waals surface area (Å²) in [5.41, 5.74) is 6.39. The van der Waals surface area contributed by atoms with Gasteiger partial charge in [-0.05, 0) is 59.9 Å². The molecule has 4 rings (SSSR count). The van der Waals surface area contributed by atoms with Gasteiger partial charge >= 0.3 is 0 Å². The highest BCUT2D eigenvalue weighted by Crippen LogP contribution is 2.47. The van der Waals surface area contributed by atoms with E-state index in [0.29, 0.717) is 0 Å². The topological polar surface area (TPSA) is 32.3 Å². The predicted octanol–water partition coefficient (Wildman–Crippen LogP) is 6.79. The molecular weight excluding hydrogens is 386 g/mol. The van der Waals surface area contributed by atoms with Crippen LogP contribution in [0, 0.1) is 5.41 Å². The molecular formula is C27H31NOS. The fourth-order valence-electron chi connectivity index (χ4n) is 4.41. The van der Waals surface area contributed by atoms with Crippen LogP contribution in [-0.2, 0) is 25.8 Å². The SMILES string of the molecule is C=C(O)c1c(-c2ccccc2CNCCc2ccccc2)sc2c1CC(C)(C)CC2. The van der Waals surface area contributed by atoms with Crippen LogP contribution in [0.4, 0.5) is 0 Å². The van der Waals surface area contributed by atoms with Gasteiger partial charge in [0.2, 0.25) is 0 Å². The lowest BCUT2D eigenvalue weighted by molar-refractivity contribution is 0.317. The largest absolute Gasteiger partial charge is 0.508 e. The molecule has 1 aliphatic carbocycles. The first-order valence-electron chi connectivity index (χ1n) is 10.8. The van der Waals surface area contributed by atoms with Gasteiger partial charge in [0.1, 0.15) is 5.76 Å². The number of aliphatic hydroxyl groups is 1. The van der Waals surface area contributed by atoms with Crippen molar-refractivity contribution in [3.05, 3.63) is 88.3 Å². The number of rotatable bonds is 7. The van der Waals surface area contributed by atoms with E-state index >= 15 is 0 Å². The van der Waals surface area contributed by atoms with E-state index in [-0.39, 0.29) is 11.2 Å². The second-order valence-corrected chi connectivity index (χ2v) is 10.2. The molecule has 2 aromatic carbocycles. The van der Waals surface area contributed by atoms with E-state index < -0.39 is 0 Å². The van der Waals surface area contributed by atoms with Crippen molar-refractivity contribution < 1.29 is 5.11 Å². The monoisotopic (exact) mass is 417 g/mol. The molecule has 0 unspecified atom stereocenters. The fraction of sp³-hybridized carbons (Fsp3) is 0.333. The van der Waals surface area contributed by atoms with E-state index in [0.717, 1.165) is 37.9 Å². The van der Waals surface area contributed by atoms with Gasteiger partial charge < -0.3 is 10.4 Å². The molecule has 0 aliphatic heterocycles.